The highest BCUT2D eigenvalue weighted by Gasteiger charge is 2.37. The van der Waals surface area contributed by atoms with Crippen LogP contribution in [-0.4, -0.2) is 28.0 Å². The third-order valence-electron chi connectivity index (χ3n) is 4.94. The van der Waals surface area contributed by atoms with Gasteiger partial charge in [0.25, 0.3) is 0 Å². The second kappa shape index (κ2) is 7.91. The molecule has 6 nitrogen and oxygen atoms in total. The van der Waals surface area contributed by atoms with Crippen LogP contribution in [0.5, 0.6) is 0 Å². The standard InChI is InChI=1S/C17H22N4O2.2ClH/c18-17(7-1-2-8-17)16(22)19-11-5-6-12-13(10-11)21-15(20-12)14-4-3-9-23-14;;/h5-6,10,14H,1-4,7-9,18H2,(H,19,22)(H,20,21);2*1H. The van der Waals surface area contributed by atoms with E-state index in [0.29, 0.717) is 0 Å². The van der Waals surface area contributed by atoms with E-state index in [0.717, 1.165) is 67.7 Å². The second-order valence-corrected chi connectivity index (χ2v) is 6.67. The highest BCUT2D eigenvalue weighted by Crippen LogP contribution is 2.30. The first-order valence-corrected chi connectivity index (χ1v) is 8.36. The number of carbonyl (C=O) groups excluding carboxylic acids is 1. The number of amides is 1. The summed E-state index contributed by atoms with van der Waals surface area (Å²) in [6, 6.07) is 5.70. The molecule has 1 aromatic carbocycles. The molecule has 1 unspecified atom stereocenters. The average Bonchev–Trinajstić information content (AvgIpc) is 3.27. The molecule has 2 aromatic rings. The van der Waals surface area contributed by atoms with Crippen LogP contribution in [0.3, 0.4) is 0 Å². The number of anilines is 1. The van der Waals surface area contributed by atoms with Crippen LogP contribution in [0.4, 0.5) is 5.69 Å². The van der Waals surface area contributed by atoms with Crippen molar-refractivity contribution in [1.29, 1.82) is 0 Å². The topological polar surface area (TPSA) is 93.0 Å². The fourth-order valence-corrected chi connectivity index (χ4v) is 3.54. The third-order valence-corrected chi connectivity index (χ3v) is 4.94. The molecule has 4 N–H and O–H groups in total. The average molecular weight is 387 g/mol. The number of rotatable bonds is 3. The Morgan fingerprint density at radius 1 is 1.28 bits per heavy atom. The molecule has 1 aromatic heterocycles. The SMILES string of the molecule is Cl.Cl.NC1(C(=O)Nc2ccc3nc(C4CCCO4)[nH]c3c2)CCCC1. The molecule has 138 valence electrons. The fraction of sp³-hybridized carbons (Fsp3) is 0.529. The summed E-state index contributed by atoms with van der Waals surface area (Å²) in [5.41, 5.74) is 8.03. The van der Waals surface area contributed by atoms with Gasteiger partial charge < -0.3 is 20.8 Å². The number of carbonyl (C=O) groups is 1. The number of nitrogens with two attached hydrogens (primary N) is 1. The number of hydrogen-bond donors (Lipinski definition) is 3. The second-order valence-electron chi connectivity index (χ2n) is 6.67. The maximum Gasteiger partial charge on any atom is 0.244 e. The number of hydrogen-bond acceptors (Lipinski definition) is 4. The van der Waals surface area contributed by atoms with Crippen molar-refractivity contribution < 1.29 is 9.53 Å². The molecule has 0 bridgehead atoms. The van der Waals surface area contributed by atoms with Crippen LogP contribution < -0.4 is 11.1 Å². The molecule has 1 amide bonds. The Bertz CT molecular complexity index is 737. The summed E-state index contributed by atoms with van der Waals surface area (Å²) < 4.78 is 5.66. The van der Waals surface area contributed by atoms with E-state index in [1.165, 1.54) is 0 Å². The smallest absolute Gasteiger partial charge is 0.244 e. The van der Waals surface area contributed by atoms with Crippen molar-refractivity contribution in [2.45, 2.75) is 50.2 Å². The Hall–Kier alpha value is -1.34. The number of imidazole rings is 1. The molecule has 1 atom stereocenters. The van der Waals surface area contributed by atoms with Gasteiger partial charge in [-0.3, -0.25) is 4.79 Å². The molecular formula is C17H24Cl2N4O2. The Morgan fingerprint density at radius 3 is 2.72 bits per heavy atom. The number of ether oxygens (including phenoxy) is 1. The Kier molecular flexibility index (Phi) is 6.32. The molecular weight excluding hydrogens is 363 g/mol. The van der Waals surface area contributed by atoms with Crippen LogP contribution in [0.15, 0.2) is 18.2 Å². The molecule has 0 spiro atoms. The van der Waals surface area contributed by atoms with Gasteiger partial charge in [0.15, 0.2) is 0 Å². The Morgan fingerprint density at radius 2 is 2.04 bits per heavy atom. The first-order chi connectivity index (χ1) is 11.1. The first-order valence-electron chi connectivity index (χ1n) is 8.36. The van der Waals surface area contributed by atoms with Crippen molar-refractivity contribution in [1.82, 2.24) is 9.97 Å². The monoisotopic (exact) mass is 386 g/mol. The minimum absolute atomic E-state index is 0. The van der Waals surface area contributed by atoms with E-state index in [1.807, 2.05) is 18.2 Å². The van der Waals surface area contributed by atoms with E-state index < -0.39 is 5.54 Å². The van der Waals surface area contributed by atoms with Crippen LogP contribution >= 0.6 is 24.8 Å². The summed E-state index contributed by atoms with van der Waals surface area (Å²) in [6.07, 6.45) is 5.69. The van der Waals surface area contributed by atoms with Crippen molar-refractivity contribution in [3.8, 4) is 0 Å². The van der Waals surface area contributed by atoms with Crippen molar-refractivity contribution in [3.05, 3.63) is 24.0 Å². The van der Waals surface area contributed by atoms with Crippen LogP contribution in [0, 0.1) is 0 Å². The highest BCUT2D eigenvalue weighted by atomic mass is 35.5. The molecule has 8 heteroatoms. The van der Waals surface area contributed by atoms with E-state index >= 15 is 0 Å². The molecule has 25 heavy (non-hydrogen) atoms. The number of fused-ring (bicyclic) bond motifs is 1. The van der Waals surface area contributed by atoms with E-state index in [9.17, 15) is 4.79 Å². The molecule has 1 saturated carbocycles. The van der Waals surface area contributed by atoms with Crippen LogP contribution in [0.2, 0.25) is 0 Å². The summed E-state index contributed by atoms with van der Waals surface area (Å²) in [5, 5.41) is 2.95. The van der Waals surface area contributed by atoms with Gasteiger partial charge in [0.1, 0.15) is 11.9 Å². The zero-order valence-corrected chi connectivity index (χ0v) is 15.5. The van der Waals surface area contributed by atoms with Gasteiger partial charge in [-0.2, -0.15) is 0 Å². The van der Waals surface area contributed by atoms with Crippen molar-refractivity contribution in [2.75, 3.05) is 11.9 Å². The Labute approximate surface area is 159 Å². The van der Waals surface area contributed by atoms with E-state index in [4.69, 9.17) is 10.5 Å². The lowest BCUT2D eigenvalue weighted by Crippen LogP contribution is -2.48. The zero-order chi connectivity index (χ0) is 15.9. The van der Waals surface area contributed by atoms with Gasteiger partial charge in [-0.05, 0) is 43.9 Å². The highest BCUT2D eigenvalue weighted by molar-refractivity contribution is 5.99. The quantitative estimate of drug-likeness (QED) is 0.752. The predicted molar refractivity (Wildman–Crippen MR) is 103 cm³/mol. The minimum Gasteiger partial charge on any atom is -0.370 e. The molecule has 1 aliphatic carbocycles. The minimum atomic E-state index is -0.716. The van der Waals surface area contributed by atoms with E-state index in [2.05, 4.69) is 15.3 Å². The number of aromatic nitrogens is 2. The molecule has 2 aliphatic rings. The van der Waals surface area contributed by atoms with Crippen LogP contribution in [-0.2, 0) is 9.53 Å². The normalized spacial score (nSPS) is 21.6. The number of halogens is 2. The van der Waals surface area contributed by atoms with Gasteiger partial charge >= 0.3 is 0 Å². The van der Waals surface area contributed by atoms with Gasteiger partial charge in [0.05, 0.1) is 16.6 Å². The van der Waals surface area contributed by atoms with Crippen molar-refractivity contribution in [2.24, 2.45) is 5.73 Å². The van der Waals surface area contributed by atoms with Gasteiger partial charge in [-0.25, -0.2) is 4.98 Å². The molecule has 0 radical (unpaired) electrons. The molecule has 1 aliphatic heterocycles. The lowest BCUT2D eigenvalue weighted by Gasteiger charge is -2.22. The first kappa shape index (κ1) is 20.0. The number of H-pyrrole nitrogens is 1. The molecule has 4 rings (SSSR count). The lowest BCUT2D eigenvalue weighted by molar-refractivity contribution is -0.121. The summed E-state index contributed by atoms with van der Waals surface area (Å²) in [4.78, 5) is 20.3. The summed E-state index contributed by atoms with van der Waals surface area (Å²) in [5.74, 6) is 0.778. The lowest BCUT2D eigenvalue weighted by atomic mass is 9.98. The largest absolute Gasteiger partial charge is 0.370 e. The van der Waals surface area contributed by atoms with Crippen molar-refractivity contribution >= 4 is 47.4 Å². The third kappa shape index (κ3) is 3.92. The van der Waals surface area contributed by atoms with E-state index in [1.54, 1.807) is 0 Å². The summed E-state index contributed by atoms with van der Waals surface area (Å²) >= 11 is 0. The maximum absolute atomic E-state index is 12.4. The van der Waals surface area contributed by atoms with E-state index in [-0.39, 0.29) is 36.8 Å². The maximum atomic E-state index is 12.4. The molecule has 2 fully saturated rings. The zero-order valence-electron chi connectivity index (χ0n) is 13.9. The van der Waals surface area contributed by atoms with Gasteiger partial charge in [-0.15, -0.1) is 24.8 Å². The number of benzene rings is 1. The van der Waals surface area contributed by atoms with Crippen molar-refractivity contribution in [3.63, 3.8) is 0 Å². The summed E-state index contributed by atoms with van der Waals surface area (Å²) in [7, 11) is 0. The summed E-state index contributed by atoms with van der Waals surface area (Å²) in [6.45, 7) is 0.793. The Balaban J connectivity index is 0.00000113. The molecule has 2 heterocycles. The number of nitrogens with zero attached hydrogens (tertiary/aromatic N) is 1. The van der Waals surface area contributed by atoms with Crippen LogP contribution in [0.25, 0.3) is 11.0 Å². The molecule has 1 saturated heterocycles. The number of nitrogens with one attached hydrogen (secondary N) is 2. The van der Waals surface area contributed by atoms with Gasteiger partial charge in [0, 0.05) is 12.3 Å². The fourth-order valence-electron chi connectivity index (χ4n) is 3.54. The van der Waals surface area contributed by atoms with Crippen LogP contribution in [0.1, 0.15) is 50.5 Å². The van der Waals surface area contributed by atoms with Gasteiger partial charge in [-0.1, -0.05) is 12.8 Å². The number of aromatic amines is 1. The predicted octanol–water partition coefficient (Wildman–Crippen LogP) is 3.47. The van der Waals surface area contributed by atoms with Gasteiger partial charge in [0.2, 0.25) is 5.91 Å².